The second-order valence-electron chi connectivity index (χ2n) is 2.25. The topological polar surface area (TPSA) is 28.7 Å². The van der Waals surface area contributed by atoms with E-state index in [1.165, 1.54) is 0 Å². The normalized spacial score (nSPS) is 10.5. The molecule has 1 heterocycles. The Labute approximate surface area is 58.9 Å². The third kappa shape index (κ3) is 0.692. The summed E-state index contributed by atoms with van der Waals surface area (Å²) in [6.07, 6.45) is 1.68. The predicted octanol–water partition coefficient (Wildman–Crippen LogP) is 1.75. The highest BCUT2D eigenvalue weighted by Crippen LogP contribution is 2.09. The second-order valence-corrected chi connectivity index (χ2v) is 2.25. The van der Waals surface area contributed by atoms with Crippen molar-refractivity contribution in [1.29, 1.82) is 0 Å². The van der Waals surface area contributed by atoms with Gasteiger partial charge in [-0.25, -0.2) is 4.98 Å². The molecule has 0 saturated carbocycles. The molecule has 1 radical (unpaired) electrons. The molecule has 0 aliphatic heterocycles. The van der Waals surface area contributed by atoms with Gasteiger partial charge < -0.3 is 4.98 Å². The largest absolute Gasteiger partial charge is 0.345 e. The SMILES string of the molecule is [CH2]c1ccc2[nH]cnc2c1. The van der Waals surface area contributed by atoms with Crippen LogP contribution < -0.4 is 0 Å². The maximum atomic E-state index is 4.08. The van der Waals surface area contributed by atoms with E-state index in [0.29, 0.717) is 0 Å². The molecule has 0 unspecified atom stereocenters. The van der Waals surface area contributed by atoms with Crippen LogP contribution >= 0.6 is 0 Å². The molecular formula is C8H7N2. The number of benzene rings is 1. The molecule has 1 aromatic carbocycles. The van der Waals surface area contributed by atoms with E-state index in [2.05, 4.69) is 16.9 Å². The summed E-state index contributed by atoms with van der Waals surface area (Å²) in [5.41, 5.74) is 3.04. The lowest BCUT2D eigenvalue weighted by Crippen LogP contribution is -1.71. The average molecular weight is 131 g/mol. The summed E-state index contributed by atoms with van der Waals surface area (Å²) in [6.45, 7) is 3.80. The molecule has 0 aliphatic carbocycles. The van der Waals surface area contributed by atoms with Gasteiger partial charge in [0, 0.05) is 0 Å². The molecule has 0 spiro atoms. The van der Waals surface area contributed by atoms with Crippen molar-refractivity contribution in [2.45, 2.75) is 0 Å². The minimum atomic E-state index is 0.979. The van der Waals surface area contributed by atoms with Crippen molar-refractivity contribution in [1.82, 2.24) is 9.97 Å². The van der Waals surface area contributed by atoms with Crippen LogP contribution in [0.25, 0.3) is 11.0 Å². The molecule has 0 aliphatic rings. The molecule has 49 valence electrons. The van der Waals surface area contributed by atoms with E-state index in [0.717, 1.165) is 16.6 Å². The predicted molar refractivity (Wildman–Crippen MR) is 40.6 cm³/mol. The molecule has 1 N–H and O–H groups in total. The van der Waals surface area contributed by atoms with Gasteiger partial charge in [-0.1, -0.05) is 6.07 Å². The van der Waals surface area contributed by atoms with E-state index in [1.807, 2.05) is 18.2 Å². The van der Waals surface area contributed by atoms with E-state index in [-0.39, 0.29) is 0 Å². The van der Waals surface area contributed by atoms with Gasteiger partial charge >= 0.3 is 0 Å². The highest BCUT2D eigenvalue weighted by atomic mass is 14.9. The van der Waals surface area contributed by atoms with E-state index < -0.39 is 0 Å². The number of nitrogens with one attached hydrogen (secondary N) is 1. The number of nitrogens with zero attached hydrogens (tertiary/aromatic N) is 1. The van der Waals surface area contributed by atoms with Crippen LogP contribution in [0.2, 0.25) is 0 Å². The number of hydrogen-bond acceptors (Lipinski definition) is 1. The summed E-state index contributed by atoms with van der Waals surface area (Å²) in [5.74, 6) is 0. The number of aromatic amines is 1. The number of aromatic nitrogens is 2. The van der Waals surface area contributed by atoms with Gasteiger partial charge in [-0.2, -0.15) is 0 Å². The van der Waals surface area contributed by atoms with Crippen molar-refractivity contribution in [3.05, 3.63) is 37.0 Å². The molecule has 1 aromatic heterocycles. The zero-order valence-electron chi connectivity index (χ0n) is 5.46. The number of rotatable bonds is 0. The molecule has 0 atom stereocenters. The third-order valence-electron chi connectivity index (χ3n) is 1.49. The Bertz CT molecular complexity index is 349. The fourth-order valence-corrected chi connectivity index (χ4v) is 0.977. The van der Waals surface area contributed by atoms with Gasteiger partial charge in [0.15, 0.2) is 0 Å². The first-order chi connectivity index (χ1) is 4.86. The first-order valence-electron chi connectivity index (χ1n) is 3.11. The van der Waals surface area contributed by atoms with Gasteiger partial charge in [-0.05, 0) is 24.6 Å². The molecule has 2 heteroatoms. The Morgan fingerprint density at radius 1 is 1.40 bits per heavy atom. The van der Waals surface area contributed by atoms with Gasteiger partial charge in [0.05, 0.1) is 17.4 Å². The first-order valence-corrected chi connectivity index (χ1v) is 3.11. The lowest BCUT2D eigenvalue weighted by atomic mass is 10.2. The van der Waals surface area contributed by atoms with Crippen LogP contribution in [0.1, 0.15) is 5.56 Å². The zero-order chi connectivity index (χ0) is 6.97. The van der Waals surface area contributed by atoms with Gasteiger partial charge in [-0.3, -0.25) is 0 Å². The van der Waals surface area contributed by atoms with Gasteiger partial charge in [0.1, 0.15) is 0 Å². The van der Waals surface area contributed by atoms with E-state index >= 15 is 0 Å². The van der Waals surface area contributed by atoms with Crippen LogP contribution in [-0.4, -0.2) is 9.97 Å². The van der Waals surface area contributed by atoms with Crippen molar-refractivity contribution in [3.8, 4) is 0 Å². The Morgan fingerprint density at radius 3 is 3.20 bits per heavy atom. The van der Waals surface area contributed by atoms with Gasteiger partial charge in [-0.15, -0.1) is 0 Å². The molecule has 10 heavy (non-hydrogen) atoms. The van der Waals surface area contributed by atoms with Crippen LogP contribution in [0.15, 0.2) is 24.5 Å². The maximum Gasteiger partial charge on any atom is 0.0931 e. The number of fused-ring (bicyclic) bond motifs is 1. The van der Waals surface area contributed by atoms with Crippen molar-refractivity contribution >= 4 is 11.0 Å². The highest BCUT2D eigenvalue weighted by molar-refractivity contribution is 5.75. The molecule has 2 nitrogen and oxygen atoms in total. The zero-order valence-corrected chi connectivity index (χ0v) is 5.46. The number of imidazole rings is 1. The number of H-pyrrole nitrogens is 1. The van der Waals surface area contributed by atoms with Crippen molar-refractivity contribution in [2.24, 2.45) is 0 Å². The number of hydrogen-bond donors (Lipinski definition) is 1. The van der Waals surface area contributed by atoms with Crippen molar-refractivity contribution in [3.63, 3.8) is 0 Å². The van der Waals surface area contributed by atoms with Crippen LogP contribution in [-0.2, 0) is 0 Å². The lowest BCUT2D eigenvalue weighted by Gasteiger charge is -1.88. The van der Waals surface area contributed by atoms with E-state index in [4.69, 9.17) is 0 Å². The molecule has 0 amide bonds. The Kier molecular flexibility index (Phi) is 1.01. The molecular weight excluding hydrogens is 124 g/mol. The Balaban J connectivity index is 2.86. The summed E-state index contributed by atoms with van der Waals surface area (Å²) in [6, 6.07) is 5.89. The summed E-state index contributed by atoms with van der Waals surface area (Å²) >= 11 is 0. The fourth-order valence-electron chi connectivity index (χ4n) is 0.977. The fraction of sp³-hybridized carbons (Fsp3) is 0. The van der Waals surface area contributed by atoms with Gasteiger partial charge in [0.25, 0.3) is 0 Å². The van der Waals surface area contributed by atoms with Crippen LogP contribution in [0.3, 0.4) is 0 Å². The third-order valence-corrected chi connectivity index (χ3v) is 1.49. The first kappa shape index (κ1) is 5.47. The maximum absolute atomic E-state index is 4.08. The molecule has 0 fully saturated rings. The smallest absolute Gasteiger partial charge is 0.0931 e. The van der Waals surface area contributed by atoms with E-state index in [1.54, 1.807) is 6.33 Å². The van der Waals surface area contributed by atoms with Crippen LogP contribution in [0, 0.1) is 6.92 Å². The summed E-state index contributed by atoms with van der Waals surface area (Å²) in [7, 11) is 0. The minimum Gasteiger partial charge on any atom is -0.345 e. The molecule has 0 saturated heterocycles. The highest BCUT2D eigenvalue weighted by Gasteiger charge is 1.92. The Hall–Kier alpha value is -1.31. The molecule has 0 bridgehead atoms. The Morgan fingerprint density at radius 2 is 2.30 bits per heavy atom. The van der Waals surface area contributed by atoms with Crippen LogP contribution in [0.4, 0.5) is 0 Å². The standard InChI is InChI=1S/C8H7N2/c1-6-2-3-7-8(4-6)10-5-9-7/h2-5H,1H2,(H,9,10). The summed E-state index contributed by atoms with van der Waals surface area (Å²) < 4.78 is 0. The van der Waals surface area contributed by atoms with Crippen molar-refractivity contribution < 1.29 is 0 Å². The lowest BCUT2D eigenvalue weighted by molar-refractivity contribution is 1.34. The second kappa shape index (κ2) is 1.84. The molecule has 2 aromatic rings. The van der Waals surface area contributed by atoms with Gasteiger partial charge in [0.2, 0.25) is 0 Å². The summed E-state index contributed by atoms with van der Waals surface area (Å²) in [4.78, 5) is 7.09. The average Bonchev–Trinajstić information content (AvgIpc) is 2.33. The minimum absolute atomic E-state index is 0.979. The monoisotopic (exact) mass is 131 g/mol. The van der Waals surface area contributed by atoms with Crippen LogP contribution in [0.5, 0.6) is 0 Å². The molecule has 2 rings (SSSR count). The quantitative estimate of drug-likeness (QED) is 0.579. The van der Waals surface area contributed by atoms with Crippen molar-refractivity contribution in [2.75, 3.05) is 0 Å². The summed E-state index contributed by atoms with van der Waals surface area (Å²) in [5, 5.41) is 0. The van der Waals surface area contributed by atoms with E-state index in [9.17, 15) is 0 Å².